The van der Waals surface area contributed by atoms with Crippen LogP contribution in [-0.4, -0.2) is 33.9 Å². The van der Waals surface area contributed by atoms with Gasteiger partial charge in [0.05, 0.1) is 5.92 Å². The number of anilines is 1. The second-order valence-corrected chi connectivity index (χ2v) is 8.56. The van der Waals surface area contributed by atoms with E-state index in [1.165, 1.54) is 6.07 Å². The first-order valence-corrected chi connectivity index (χ1v) is 10.6. The fourth-order valence-electron chi connectivity index (χ4n) is 5.09. The third kappa shape index (κ3) is 3.59. The molecule has 0 radical (unpaired) electrons. The van der Waals surface area contributed by atoms with Gasteiger partial charge in [-0.05, 0) is 48.9 Å². The van der Waals surface area contributed by atoms with Gasteiger partial charge < -0.3 is 9.80 Å². The second kappa shape index (κ2) is 7.67. The van der Waals surface area contributed by atoms with Crippen molar-refractivity contribution in [1.82, 2.24) is 14.9 Å². The van der Waals surface area contributed by atoms with Crippen molar-refractivity contribution < 1.29 is 26.7 Å². The maximum atomic E-state index is 13.6. The molecule has 5 rings (SSSR count). The maximum Gasteiger partial charge on any atom is 0.433 e. The predicted molar refractivity (Wildman–Crippen MR) is 105 cm³/mol. The monoisotopic (exact) mass is 452 g/mol. The van der Waals surface area contributed by atoms with E-state index in [0.29, 0.717) is 37.2 Å². The van der Waals surface area contributed by atoms with Crippen molar-refractivity contribution in [3.8, 4) is 0 Å². The summed E-state index contributed by atoms with van der Waals surface area (Å²) >= 11 is 0. The summed E-state index contributed by atoms with van der Waals surface area (Å²) in [5.74, 6) is -0.552. The molecule has 1 atom stereocenters. The van der Waals surface area contributed by atoms with Crippen LogP contribution in [0.25, 0.3) is 0 Å². The number of aryl methyl sites for hydroxylation is 1. The highest BCUT2D eigenvalue weighted by atomic mass is 19.4. The molecular weight excluding hydrogens is 431 g/mol. The van der Waals surface area contributed by atoms with Gasteiger partial charge in [-0.25, -0.2) is 8.78 Å². The molecule has 0 N–H and O–H groups in total. The van der Waals surface area contributed by atoms with E-state index in [4.69, 9.17) is 0 Å². The number of halogens is 5. The van der Waals surface area contributed by atoms with Crippen molar-refractivity contribution in [2.75, 3.05) is 18.0 Å². The van der Waals surface area contributed by atoms with Crippen LogP contribution in [0.3, 0.4) is 0 Å². The zero-order valence-electron chi connectivity index (χ0n) is 17.1. The van der Waals surface area contributed by atoms with Gasteiger partial charge in [-0.3, -0.25) is 14.8 Å². The largest absolute Gasteiger partial charge is 0.433 e. The van der Waals surface area contributed by atoms with E-state index in [0.717, 1.165) is 41.9 Å². The SMILES string of the molecule is O=C([C@@H]1CCN(c2ccnc(C(F)(F)F)c2)C1)N1Cc2c(C(F)F)nc3c(c2C1)CCC3. The van der Waals surface area contributed by atoms with Crippen molar-refractivity contribution in [2.45, 2.75) is 51.4 Å². The number of carbonyl (C=O) groups is 1. The fraction of sp³-hybridized carbons (Fsp3) is 0.500. The molecule has 2 aliphatic heterocycles. The number of fused-ring (bicyclic) bond motifs is 3. The van der Waals surface area contributed by atoms with E-state index in [1.807, 2.05) is 0 Å². The van der Waals surface area contributed by atoms with Crippen molar-refractivity contribution in [3.05, 3.63) is 52.1 Å². The molecule has 10 heteroatoms. The molecule has 2 aromatic heterocycles. The Labute approximate surface area is 181 Å². The number of carbonyl (C=O) groups excluding carboxylic acids is 1. The Morgan fingerprint density at radius 1 is 1.12 bits per heavy atom. The Bertz CT molecular complexity index is 1070. The summed E-state index contributed by atoms with van der Waals surface area (Å²) in [6.45, 7) is 1.13. The third-order valence-corrected chi connectivity index (χ3v) is 6.63. The molecule has 0 unspecified atom stereocenters. The van der Waals surface area contributed by atoms with Crippen LogP contribution in [0.4, 0.5) is 27.6 Å². The predicted octanol–water partition coefficient (Wildman–Crippen LogP) is 4.29. The average Bonchev–Trinajstić information content (AvgIpc) is 3.50. The Kier molecular flexibility index (Phi) is 5.05. The van der Waals surface area contributed by atoms with E-state index >= 15 is 0 Å². The van der Waals surface area contributed by atoms with Crippen LogP contribution in [0.15, 0.2) is 18.3 Å². The van der Waals surface area contributed by atoms with Crippen molar-refractivity contribution >= 4 is 11.6 Å². The first-order chi connectivity index (χ1) is 15.2. The lowest BCUT2D eigenvalue weighted by Gasteiger charge is -2.22. The van der Waals surface area contributed by atoms with Gasteiger partial charge in [0.25, 0.3) is 6.43 Å². The van der Waals surface area contributed by atoms with Gasteiger partial charge in [-0.1, -0.05) is 0 Å². The number of nitrogens with zero attached hydrogens (tertiary/aromatic N) is 4. The lowest BCUT2D eigenvalue weighted by molar-refractivity contribution is -0.141. The molecule has 0 bridgehead atoms. The van der Waals surface area contributed by atoms with Crippen molar-refractivity contribution in [3.63, 3.8) is 0 Å². The minimum absolute atomic E-state index is 0.109. The van der Waals surface area contributed by atoms with Gasteiger partial charge in [0.2, 0.25) is 5.91 Å². The van der Waals surface area contributed by atoms with Crippen LogP contribution in [0.1, 0.15) is 53.0 Å². The molecule has 0 saturated carbocycles. The highest BCUT2D eigenvalue weighted by Gasteiger charge is 2.39. The summed E-state index contributed by atoms with van der Waals surface area (Å²) in [4.78, 5) is 24.1. The zero-order chi connectivity index (χ0) is 22.6. The van der Waals surface area contributed by atoms with Crippen molar-refractivity contribution in [2.24, 2.45) is 5.92 Å². The third-order valence-electron chi connectivity index (χ3n) is 6.63. The van der Waals surface area contributed by atoms with Crippen LogP contribution in [0.5, 0.6) is 0 Å². The van der Waals surface area contributed by atoms with Crippen LogP contribution >= 0.6 is 0 Å². The molecule has 1 amide bonds. The molecule has 2 aromatic rings. The number of aromatic nitrogens is 2. The number of alkyl halides is 5. The Balaban J connectivity index is 1.33. The first kappa shape index (κ1) is 21.1. The molecule has 5 nitrogen and oxygen atoms in total. The molecular formula is C22H21F5N4O. The molecule has 32 heavy (non-hydrogen) atoms. The van der Waals surface area contributed by atoms with E-state index in [-0.39, 0.29) is 24.7 Å². The van der Waals surface area contributed by atoms with E-state index < -0.39 is 24.2 Å². The highest BCUT2D eigenvalue weighted by molar-refractivity contribution is 5.81. The topological polar surface area (TPSA) is 49.3 Å². The number of amides is 1. The minimum Gasteiger partial charge on any atom is -0.371 e. The minimum atomic E-state index is -4.54. The molecule has 170 valence electrons. The standard InChI is InChI=1S/C22H21F5N4O/c23-20(24)19-16-11-31(10-15(16)14-2-1-3-17(14)29-19)21(32)12-5-7-30(9-12)13-4-6-28-18(8-13)22(25,26)27/h4,6,8,12,20H,1-3,5,7,9-11H2/t12-/m1/s1. The molecule has 3 aliphatic rings. The number of hydrogen-bond donors (Lipinski definition) is 0. The van der Waals surface area contributed by atoms with Gasteiger partial charge in [-0.2, -0.15) is 13.2 Å². The molecule has 1 fully saturated rings. The molecule has 0 spiro atoms. The summed E-state index contributed by atoms with van der Waals surface area (Å²) in [6.07, 6.45) is -3.28. The maximum absolute atomic E-state index is 13.6. The van der Waals surface area contributed by atoms with Crippen LogP contribution in [0.2, 0.25) is 0 Å². The zero-order valence-corrected chi connectivity index (χ0v) is 17.1. The molecule has 1 aliphatic carbocycles. The van der Waals surface area contributed by atoms with Gasteiger partial charge in [0, 0.05) is 49.3 Å². The first-order valence-electron chi connectivity index (χ1n) is 10.6. The average molecular weight is 452 g/mol. The number of rotatable bonds is 3. The molecule has 4 heterocycles. The van der Waals surface area contributed by atoms with Gasteiger partial charge in [0.1, 0.15) is 11.4 Å². The summed E-state index contributed by atoms with van der Waals surface area (Å²) in [5.41, 5.74) is 2.18. The van der Waals surface area contributed by atoms with E-state index in [1.54, 1.807) is 9.80 Å². The van der Waals surface area contributed by atoms with E-state index in [2.05, 4.69) is 9.97 Å². The Hall–Kier alpha value is -2.78. The summed E-state index contributed by atoms with van der Waals surface area (Å²) in [6, 6.07) is 2.49. The van der Waals surface area contributed by atoms with Crippen LogP contribution < -0.4 is 4.90 Å². The second-order valence-electron chi connectivity index (χ2n) is 8.56. The number of hydrogen-bond acceptors (Lipinski definition) is 4. The van der Waals surface area contributed by atoms with Gasteiger partial charge in [0.15, 0.2) is 0 Å². The quantitative estimate of drug-likeness (QED) is 0.652. The van der Waals surface area contributed by atoms with E-state index in [9.17, 15) is 26.7 Å². The van der Waals surface area contributed by atoms with Crippen LogP contribution in [-0.2, 0) is 36.9 Å². The lowest BCUT2D eigenvalue weighted by Crippen LogP contribution is -2.34. The van der Waals surface area contributed by atoms with Gasteiger partial charge in [-0.15, -0.1) is 0 Å². The van der Waals surface area contributed by atoms with Crippen LogP contribution in [0, 0.1) is 5.92 Å². The number of pyridine rings is 2. The summed E-state index contributed by atoms with van der Waals surface area (Å²) in [7, 11) is 0. The summed E-state index contributed by atoms with van der Waals surface area (Å²) in [5, 5.41) is 0. The normalized spacial score (nSPS) is 20.2. The van der Waals surface area contributed by atoms with Crippen molar-refractivity contribution in [1.29, 1.82) is 0 Å². The molecule has 0 aromatic carbocycles. The lowest BCUT2D eigenvalue weighted by atomic mass is 10.0. The fourth-order valence-corrected chi connectivity index (χ4v) is 5.09. The highest BCUT2D eigenvalue weighted by Crippen LogP contribution is 2.39. The molecule has 1 saturated heterocycles. The smallest absolute Gasteiger partial charge is 0.371 e. The Morgan fingerprint density at radius 2 is 1.91 bits per heavy atom. The summed E-state index contributed by atoms with van der Waals surface area (Å²) < 4.78 is 66.2. The van der Waals surface area contributed by atoms with Gasteiger partial charge >= 0.3 is 6.18 Å². The Morgan fingerprint density at radius 3 is 2.66 bits per heavy atom.